The Kier molecular flexibility index (Phi) is 5.21. The number of fused-ring (bicyclic) bond motifs is 1. The van der Waals surface area contributed by atoms with Gasteiger partial charge in [0.15, 0.2) is 0 Å². The summed E-state index contributed by atoms with van der Waals surface area (Å²) in [6.07, 6.45) is 2.03. The van der Waals surface area contributed by atoms with Gasteiger partial charge < -0.3 is 4.90 Å². The first kappa shape index (κ1) is 17.7. The Morgan fingerprint density at radius 2 is 1.74 bits per heavy atom. The van der Waals surface area contributed by atoms with Gasteiger partial charge in [-0.3, -0.25) is 5.01 Å². The highest BCUT2D eigenvalue weighted by Crippen LogP contribution is 2.17. The molecule has 0 aliphatic carbocycles. The van der Waals surface area contributed by atoms with Gasteiger partial charge in [0.25, 0.3) is 0 Å². The molecule has 0 unspecified atom stereocenters. The number of hydrazone groups is 1. The Bertz CT molecular complexity index is 948. The molecule has 3 aromatic rings. The third-order valence-electron chi connectivity index (χ3n) is 5.57. The number of rotatable bonds is 4. The number of benzene rings is 3. The maximum Gasteiger partial charge on any atom is 0.103 e. The molecule has 0 aromatic heterocycles. The van der Waals surface area contributed by atoms with E-state index in [4.69, 9.17) is 5.10 Å². The summed E-state index contributed by atoms with van der Waals surface area (Å²) in [7, 11) is 0. The first-order valence-electron chi connectivity index (χ1n) is 9.85. The summed E-state index contributed by atoms with van der Waals surface area (Å²) in [6.45, 7) is 9.82. The van der Waals surface area contributed by atoms with Gasteiger partial charge in [0.2, 0.25) is 0 Å². The van der Waals surface area contributed by atoms with Crippen molar-refractivity contribution in [3.05, 3.63) is 82.9 Å². The highest BCUT2D eigenvalue weighted by molar-refractivity contribution is 5.99. The number of hydrogen-bond acceptors (Lipinski definition) is 2. The van der Waals surface area contributed by atoms with Crippen LogP contribution in [-0.2, 0) is 6.54 Å². The number of hydrogen-bond donors (Lipinski definition) is 1. The van der Waals surface area contributed by atoms with Crippen molar-refractivity contribution in [3.8, 4) is 0 Å². The lowest BCUT2D eigenvalue weighted by atomic mass is 10.1. The number of aryl methyl sites for hydroxylation is 2. The standard InChI is InChI=1S/C24H27N3/c1-19-10-11-23(20(2)16-19)18-26-12-14-27(15-13-26)25-17-22-8-5-7-21-6-3-4-9-24(21)22/h3-11,16-17H,12-15,18H2,1-2H3/p+1. The quantitative estimate of drug-likeness (QED) is 0.710. The predicted octanol–water partition coefficient (Wildman–Crippen LogP) is 3.19. The average Bonchev–Trinajstić information content (AvgIpc) is 2.69. The molecule has 3 aromatic carbocycles. The molecule has 138 valence electrons. The number of piperazine rings is 1. The van der Waals surface area contributed by atoms with E-state index < -0.39 is 0 Å². The zero-order valence-electron chi connectivity index (χ0n) is 16.3. The molecular weight excluding hydrogens is 330 g/mol. The minimum atomic E-state index is 1.02. The van der Waals surface area contributed by atoms with Gasteiger partial charge in [-0.25, -0.2) is 0 Å². The first-order valence-corrected chi connectivity index (χ1v) is 9.85. The van der Waals surface area contributed by atoms with E-state index in [-0.39, 0.29) is 0 Å². The molecule has 27 heavy (non-hydrogen) atoms. The highest BCUT2D eigenvalue weighted by Gasteiger charge is 2.19. The highest BCUT2D eigenvalue weighted by atomic mass is 15.5. The zero-order valence-corrected chi connectivity index (χ0v) is 16.3. The van der Waals surface area contributed by atoms with Crippen molar-refractivity contribution in [2.75, 3.05) is 26.2 Å². The van der Waals surface area contributed by atoms with E-state index in [0.29, 0.717) is 0 Å². The monoisotopic (exact) mass is 358 g/mol. The lowest BCUT2D eigenvalue weighted by molar-refractivity contribution is -0.918. The van der Waals surface area contributed by atoms with Gasteiger partial charge in [-0.1, -0.05) is 66.2 Å². The van der Waals surface area contributed by atoms with Crippen LogP contribution in [0.25, 0.3) is 10.8 Å². The van der Waals surface area contributed by atoms with E-state index in [1.165, 1.54) is 33.0 Å². The molecule has 0 atom stereocenters. The second kappa shape index (κ2) is 7.93. The summed E-state index contributed by atoms with van der Waals surface area (Å²) < 4.78 is 0. The summed E-state index contributed by atoms with van der Waals surface area (Å²) in [5.74, 6) is 0. The molecule has 1 N–H and O–H groups in total. The predicted molar refractivity (Wildman–Crippen MR) is 113 cm³/mol. The van der Waals surface area contributed by atoms with Gasteiger partial charge in [-0.15, -0.1) is 0 Å². The second-order valence-corrected chi connectivity index (χ2v) is 7.62. The van der Waals surface area contributed by atoms with Gasteiger partial charge in [0, 0.05) is 11.1 Å². The van der Waals surface area contributed by atoms with Gasteiger partial charge in [0.05, 0.1) is 32.4 Å². The molecule has 0 radical (unpaired) electrons. The maximum absolute atomic E-state index is 4.77. The summed E-state index contributed by atoms with van der Waals surface area (Å²) in [5, 5.41) is 9.52. The molecule has 1 aliphatic heterocycles. The van der Waals surface area contributed by atoms with Crippen LogP contribution >= 0.6 is 0 Å². The smallest absolute Gasteiger partial charge is 0.103 e. The Morgan fingerprint density at radius 1 is 0.963 bits per heavy atom. The van der Waals surface area contributed by atoms with Gasteiger partial charge >= 0.3 is 0 Å². The van der Waals surface area contributed by atoms with Crippen molar-refractivity contribution < 1.29 is 4.90 Å². The van der Waals surface area contributed by atoms with Crippen LogP contribution in [0.2, 0.25) is 0 Å². The topological polar surface area (TPSA) is 20.0 Å². The molecule has 0 saturated carbocycles. The van der Waals surface area contributed by atoms with E-state index in [0.717, 1.165) is 32.7 Å². The van der Waals surface area contributed by atoms with Crippen LogP contribution in [0.5, 0.6) is 0 Å². The van der Waals surface area contributed by atoms with E-state index >= 15 is 0 Å². The average molecular weight is 359 g/mol. The van der Waals surface area contributed by atoms with Crippen LogP contribution in [0.3, 0.4) is 0 Å². The van der Waals surface area contributed by atoms with Gasteiger partial charge in [-0.05, 0) is 30.2 Å². The minimum Gasteiger partial charge on any atom is -0.328 e. The summed E-state index contributed by atoms with van der Waals surface area (Å²) in [5.41, 5.74) is 5.43. The second-order valence-electron chi connectivity index (χ2n) is 7.62. The maximum atomic E-state index is 4.77. The number of nitrogens with zero attached hydrogens (tertiary/aromatic N) is 2. The Labute approximate surface area is 161 Å². The van der Waals surface area contributed by atoms with Crippen molar-refractivity contribution in [2.24, 2.45) is 5.10 Å². The SMILES string of the molecule is Cc1ccc(C[NH+]2CCN(N=Cc3cccc4ccccc34)CC2)c(C)c1. The van der Waals surface area contributed by atoms with Crippen molar-refractivity contribution in [3.63, 3.8) is 0 Å². The molecule has 1 heterocycles. The summed E-state index contributed by atoms with van der Waals surface area (Å²) >= 11 is 0. The summed E-state index contributed by atoms with van der Waals surface area (Å²) in [6, 6.07) is 21.7. The third-order valence-corrected chi connectivity index (χ3v) is 5.57. The normalized spacial score (nSPS) is 15.7. The van der Waals surface area contributed by atoms with Crippen LogP contribution in [0.15, 0.2) is 65.8 Å². The lowest BCUT2D eigenvalue weighted by Crippen LogP contribution is -3.13. The molecule has 3 heteroatoms. The van der Waals surface area contributed by atoms with Crippen LogP contribution < -0.4 is 4.90 Å². The van der Waals surface area contributed by atoms with E-state index in [1.54, 1.807) is 4.90 Å². The number of quaternary nitrogens is 1. The Hall–Kier alpha value is -2.65. The lowest BCUT2D eigenvalue weighted by Gasteiger charge is -2.30. The molecule has 1 aliphatic rings. The Morgan fingerprint density at radius 3 is 2.56 bits per heavy atom. The van der Waals surface area contributed by atoms with Crippen LogP contribution in [-0.4, -0.2) is 37.4 Å². The summed E-state index contributed by atoms with van der Waals surface area (Å²) in [4.78, 5) is 1.65. The van der Waals surface area contributed by atoms with Crippen molar-refractivity contribution in [2.45, 2.75) is 20.4 Å². The molecule has 0 spiro atoms. The van der Waals surface area contributed by atoms with Crippen LogP contribution in [0.1, 0.15) is 22.3 Å². The first-order chi connectivity index (χ1) is 13.2. The molecule has 1 saturated heterocycles. The fraction of sp³-hybridized carbons (Fsp3) is 0.292. The van der Waals surface area contributed by atoms with Crippen molar-refractivity contribution >= 4 is 17.0 Å². The van der Waals surface area contributed by atoms with Gasteiger partial charge in [0.1, 0.15) is 6.54 Å². The van der Waals surface area contributed by atoms with E-state index in [2.05, 4.69) is 79.5 Å². The molecule has 1 fully saturated rings. The van der Waals surface area contributed by atoms with Crippen LogP contribution in [0.4, 0.5) is 0 Å². The zero-order chi connectivity index (χ0) is 18.6. The van der Waals surface area contributed by atoms with E-state index in [1.807, 2.05) is 6.21 Å². The largest absolute Gasteiger partial charge is 0.328 e. The Balaban J connectivity index is 1.37. The van der Waals surface area contributed by atoms with Crippen molar-refractivity contribution in [1.82, 2.24) is 5.01 Å². The molecule has 0 amide bonds. The van der Waals surface area contributed by atoms with Gasteiger partial charge in [-0.2, -0.15) is 5.10 Å². The molecule has 0 bridgehead atoms. The number of nitrogens with one attached hydrogen (secondary N) is 1. The van der Waals surface area contributed by atoms with E-state index in [9.17, 15) is 0 Å². The fourth-order valence-corrected chi connectivity index (χ4v) is 3.92. The van der Waals surface area contributed by atoms with Crippen LogP contribution in [0, 0.1) is 13.8 Å². The molecular formula is C24H28N3+. The fourth-order valence-electron chi connectivity index (χ4n) is 3.92. The van der Waals surface area contributed by atoms with Crippen molar-refractivity contribution in [1.29, 1.82) is 0 Å². The minimum absolute atomic E-state index is 1.02. The molecule has 4 rings (SSSR count). The third kappa shape index (κ3) is 4.20. The molecule has 3 nitrogen and oxygen atoms in total.